The van der Waals surface area contributed by atoms with Crippen molar-refractivity contribution in [3.05, 3.63) is 42.0 Å². The minimum absolute atomic E-state index is 0.00420. The van der Waals surface area contributed by atoms with Crippen molar-refractivity contribution in [2.24, 2.45) is 10.2 Å². The number of aliphatic carboxylic acids is 1. The number of fused-ring (bicyclic) bond motifs is 1. The molecule has 0 amide bonds. The van der Waals surface area contributed by atoms with Gasteiger partial charge in [0.15, 0.2) is 6.54 Å². The molecule has 1 aromatic heterocycles. The summed E-state index contributed by atoms with van der Waals surface area (Å²) in [5.74, 6) is -0.303. The number of thiazole rings is 1. The molecule has 0 spiro atoms. The summed E-state index contributed by atoms with van der Waals surface area (Å²) >= 11 is 1.34. The number of nitrogens with zero attached hydrogens (tertiary/aromatic N) is 4. The number of ether oxygens (including phenoxy) is 9. The first-order valence-electron chi connectivity index (χ1n) is 18.3. The van der Waals surface area contributed by atoms with Gasteiger partial charge in [-0.15, -0.1) is 0 Å². The molecule has 3 aromatic rings. The molecular formula is C37H57N4O13S+. The number of carbonyl (C=O) groups is 1. The Morgan fingerprint density at radius 1 is 0.673 bits per heavy atom. The van der Waals surface area contributed by atoms with Gasteiger partial charge in [-0.3, -0.25) is 0 Å². The minimum atomic E-state index is -0.976. The summed E-state index contributed by atoms with van der Waals surface area (Å²) in [6, 6.07) is 11.4. The van der Waals surface area contributed by atoms with Crippen molar-refractivity contribution in [3.63, 3.8) is 0 Å². The molecule has 55 heavy (non-hydrogen) atoms. The smallest absolute Gasteiger partial charge is 0.410 e. The molecule has 3 N–H and O–H groups in total. The lowest BCUT2D eigenvalue weighted by Gasteiger charge is -2.25. The Labute approximate surface area is 326 Å². The summed E-state index contributed by atoms with van der Waals surface area (Å²) in [6.07, 6.45) is 0. The van der Waals surface area contributed by atoms with Gasteiger partial charge in [-0.05, 0) is 59.3 Å². The summed E-state index contributed by atoms with van der Waals surface area (Å²) in [5, 5.41) is 36.4. The molecular weight excluding hydrogens is 740 g/mol. The molecule has 3 rings (SSSR count). The van der Waals surface area contributed by atoms with Gasteiger partial charge in [-0.25, -0.2) is 9.36 Å². The number of aromatic nitrogens is 1. The standard InChI is InChI=1S/C37H56N4O13S/c1-30-27-31(3-5-33(30)38-39-37-41(29-36(44)45)34-6-4-32(46-2)28-35(34)55-37)40(7-11-47-15-19-51-23-25-53-21-17-49-13-9-42)8-12-48-16-20-52-24-26-54-22-18-50-14-10-43/h3-6,27-28,42-43H,7-26,29H2,1-2H3/p+1. The predicted molar refractivity (Wildman–Crippen MR) is 204 cm³/mol. The second-order valence-corrected chi connectivity index (χ2v) is 12.7. The second kappa shape index (κ2) is 28.9. The highest BCUT2D eigenvalue weighted by atomic mass is 32.1. The fraction of sp³-hybridized carbons (Fsp3) is 0.622. The SMILES string of the molecule is COc1ccc2c(c1)sc(N=Nc1ccc(N(CCOCCOCCOCCOCCO)CCOCCOCCOCCOCCO)cc1C)[n+]2CC(=O)O. The number of hydrogen-bond acceptors (Lipinski definition) is 16. The summed E-state index contributed by atoms with van der Waals surface area (Å²) in [7, 11) is 1.59. The molecule has 1 heterocycles. The van der Waals surface area contributed by atoms with Gasteiger partial charge in [0.25, 0.3) is 0 Å². The first-order valence-corrected chi connectivity index (χ1v) is 19.1. The monoisotopic (exact) mass is 797 g/mol. The largest absolute Gasteiger partial charge is 0.497 e. The van der Waals surface area contributed by atoms with E-state index >= 15 is 0 Å². The topological polar surface area (TPSA) is 193 Å². The second-order valence-electron chi connectivity index (χ2n) is 11.7. The van der Waals surface area contributed by atoms with Crippen LogP contribution < -0.4 is 14.2 Å². The fourth-order valence-corrected chi connectivity index (χ4v) is 5.97. The van der Waals surface area contributed by atoms with E-state index in [1.807, 2.05) is 37.3 Å². The molecule has 17 nitrogen and oxygen atoms in total. The van der Waals surface area contributed by atoms with E-state index in [-0.39, 0.29) is 19.8 Å². The number of carboxylic acids is 1. The molecule has 18 heteroatoms. The molecule has 0 radical (unpaired) electrons. The number of azo groups is 1. The van der Waals surface area contributed by atoms with E-state index in [4.69, 9.17) is 52.8 Å². The van der Waals surface area contributed by atoms with E-state index < -0.39 is 5.97 Å². The first kappa shape index (κ1) is 46.0. The van der Waals surface area contributed by atoms with Crippen LogP contribution in [-0.4, -0.2) is 160 Å². The van der Waals surface area contributed by atoms with Gasteiger partial charge in [-0.1, -0.05) is 0 Å². The van der Waals surface area contributed by atoms with Gasteiger partial charge in [-0.2, -0.15) is 0 Å². The van der Waals surface area contributed by atoms with Crippen LogP contribution in [0, 0.1) is 6.92 Å². The minimum Gasteiger partial charge on any atom is -0.497 e. The van der Waals surface area contributed by atoms with Crippen LogP contribution in [0.1, 0.15) is 5.56 Å². The van der Waals surface area contributed by atoms with E-state index in [9.17, 15) is 9.90 Å². The average Bonchev–Trinajstić information content (AvgIpc) is 3.52. The Morgan fingerprint density at radius 3 is 1.62 bits per heavy atom. The highest BCUT2D eigenvalue weighted by Gasteiger charge is 2.22. The number of rotatable bonds is 34. The number of anilines is 1. The number of aliphatic hydroxyl groups excluding tert-OH is 2. The van der Waals surface area contributed by atoms with Crippen molar-refractivity contribution in [1.82, 2.24) is 0 Å². The van der Waals surface area contributed by atoms with Crippen molar-refractivity contribution >= 4 is 44.0 Å². The summed E-state index contributed by atoms with van der Waals surface area (Å²) < 4.78 is 51.9. The predicted octanol–water partition coefficient (Wildman–Crippen LogP) is 2.93. The van der Waals surface area contributed by atoms with Crippen molar-refractivity contribution < 1.29 is 67.3 Å². The van der Waals surface area contributed by atoms with Gasteiger partial charge < -0.3 is 62.9 Å². The molecule has 0 bridgehead atoms. The average molecular weight is 798 g/mol. The maximum atomic E-state index is 11.7. The molecule has 0 atom stereocenters. The Balaban J connectivity index is 1.52. The first-order chi connectivity index (χ1) is 27.0. The van der Waals surface area contributed by atoms with Crippen LogP contribution in [0.2, 0.25) is 0 Å². The van der Waals surface area contributed by atoms with E-state index in [2.05, 4.69) is 15.1 Å². The Morgan fingerprint density at radius 2 is 1.16 bits per heavy atom. The highest BCUT2D eigenvalue weighted by Crippen LogP contribution is 2.32. The zero-order chi connectivity index (χ0) is 39.4. The highest BCUT2D eigenvalue weighted by molar-refractivity contribution is 7.21. The lowest BCUT2D eigenvalue weighted by Crippen LogP contribution is -2.36. The van der Waals surface area contributed by atoms with Gasteiger partial charge in [0.1, 0.15) is 17.0 Å². The van der Waals surface area contributed by atoms with E-state index in [1.165, 1.54) is 11.3 Å². The molecule has 0 aliphatic carbocycles. The molecule has 0 saturated heterocycles. The van der Waals surface area contributed by atoms with Crippen LogP contribution in [0.15, 0.2) is 46.6 Å². The van der Waals surface area contributed by atoms with Crippen molar-refractivity contribution in [2.45, 2.75) is 13.5 Å². The van der Waals surface area contributed by atoms with Crippen molar-refractivity contribution in [2.75, 3.05) is 144 Å². The van der Waals surface area contributed by atoms with Crippen LogP contribution >= 0.6 is 11.3 Å². The Kier molecular flexibility index (Phi) is 24.2. The molecule has 2 aromatic carbocycles. The zero-order valence-corrected chi connectivity index (χ0v) is 32.8. The molecule has 0 aliphatic rings. The third kappa shape index (κ3) is 18.9. The van der Waals surface area contributed by atoms with Gasteiger partial charge in [0.2, 0.25) is 0 Å². The summed E-state index contributed by atoms with van der Waals surface area (Å²) in [6.45, 7) is 9.77. The van der Waals surface area contributed by atoms with Gasteiger partial charge in [0, 0.05) is 24.8 Å². The molecule has 0 unspecified atom stereocenters. The number of benzene rings is 2. The molecule has 308 valence electrons. The lowest BCUT2D eigenvalue weighted by molar-refractivity contribution is -0.643. The maximum Gasteiger partial charge on any atom is 0.410 e. The van der Waals surface area contributed by atoms with Crippen molar-refractivity contribution in [1.29, 1.82) is 0 Å². The van der Waals surface area contributed by atoms with Gasteiger partial charge in [0.05, 0.1) is 136 Å². The quantitative estimate of drug-likeness (QED) is 0.0454. The van der Waals surface area contributed by atoms with E-state index in [1.54, 1.807) is 17.7 Å². The van der Waals surface area contributed by atoms with Crippen LogP contribution in [0.5, 0.6) is 5.75 Å². The van der Waals surface area contributed by atoms with Crippen LogP contribution in [0.25, 0.3) is 10.2 Å². The number of methoxy groups -OCH3 is 1. The van der Waals surface area contributed by atoms with Crippen molar-refractivity contribution in [3.8, 4) is 5.75 Å². The molecule has 0 fully saturated rings. The normalized spacial score (nSPS) is 11.6. The Bertz CT molecular complexity index is 1480. The van der Waals surface area contributed by atoms with Crippen LogP contribution in [-0.2, 0) is 49.2 Å². The molecule has 0 aliphatic heterocycles. The maximum absolute atomic E-state index is 11.7. The Hall–Kier alpha value is -3.40. The van der Waals surface area contributed by atoms with E-state index in [0.717, 1.165) is 21.5 Å². The van der Waals surface area contributed by atoms with E-state index in [0.29, 0.717) is 135 Å². The summed E-state index contributed by atoms with van der Waals surface area (Å²) in [4.78, 5) is 13.8. The number of hydrogen-bond donors (Lipinski definition) is 3. The zero-order valence-electron chi connectivity index (χ0n) is 31.9. The summed E-state index contributed by atoms with van der Waals surface area (Å²) in [5.41, 5.74) is 3.26. The van der Waals surface area contributed by atoms with Crippen LogP contribution in [0.4, 0.5) is 16.5 Å². The third-order valence-corrected chi connectivity index (χ3v) is 8.72. The lowest BCUT2D eigenvalue weighted by atomic mass is 10.1. The third-order valence-electron chi connectivity index (χ3n) is 7.69. The number of carboxylic acid groups (broad SMARTS) is 1. The number of aliphatic hydroxyl groups is 2. The van der Waals surface area contributed by atoms with Crippen LogP contribution in [0.3, 0.4) is 0 Å². The number of aryl methyl sites for hydroxylation is 1. The fourth-order valence-electron chi connectivity index (χ4n) is 4.96. The molecule has 0 saturated carbocycles. The van der Waals surface area contributed by atoms with Gasteiger partial charge >= 0.3 is 11.1 Å².